The molecule has 5 heteroatoms. The summed E-state index contributed by atoms with van der Waals surface area (Å²) in [5.41, 5.74) is 0.800. The van der Waals surface area contributed by atoms with Crippen LogP contribution in [0.4, 0.5) is 4.39 Å². The maximum absolute atomic E-state index is 13.0. The molecule has 0 saturated heterocycles. The number of thiophene rings is 1. The lowest BCUT2D eigenvalue weighted by Gasteiger charge is -2.08. The molecule has 0 unspecified atom stereocenters. The summed E-state index contributed by atoms with van der Waals surface area (Å²) in [5, 5.41) is 1.82. The van der Waals surface area contributed by atoms with Gasteiger partial charge < -0.3 is 4.74 Å². The molecule has 0 aliphatic heterocycles. The number of carbonyl (C=O) groups excluding carboxylic acids is 1. The van der Waals surface area contributed by atoms with Crippen molar-refractivity contribution in [3.05, 3.63) is 50.4 Å². The minimum absolute atomic E-state index is 0.0938. The lowest BCUT2D eigenvalue weighted by molar-refractivity contribution is 0.0924. The second kappa shape index (κ2) is 5.63. The summed E-state index contributed by atoms with van der Waals surface area (Å²) in [6, 6.07) is 6.08. The number of rotatable bonds is 4. The SMILES string of the molecule is Cc1ccc(F)cc1OCC(=O)c1sccc1Br. The predicted molar refractivity (Wildman–Crippen MR) is 73.0 cm³/mol. The highest BCUT2D eigenvalue weighted by Crippen LogP contribution is 2.24. The van der Waals surface area contributed by atoms with Crippen LogP contribution in [0.1, 0.15) is 15.2 Å². The molecule has 0 fully saturated rings. The summed E-state index contributed by atoms with van der Waals surface area (Å²) in [5.74, 6) is -0.100. The summed E-state index contributed by atoms with van der Waals surface area (Å²) < 4.78 is 19.2. The van der Waals surface area contributed by atoms with Gasteiger partial charge in [-0.1, -0.05) is 6.07 Å². The van der Waals surface area contributed by atoms with E-state index < -0.39 is 0 Å². The van der Waals surface area contributed by atoms with Crippen molar-refractivity contribution < 1.29 is 13.9 Å². The van der Waals surface area contributed by atoms with Crippen molar-refractivity contribution in [1.82, 2.24) is 0 Å². The first-order valence-corrected chi connectivity index (χ1v) is 6.90. The van der Waals surface area contributed by atoms with Crippen molar-refractivity contribution in [3.8, 4) is 5.75 Å². The maximum atomic E-state index is 13.0. The van der Waals surface area contributed by atoms with Gasteiger partial charge in [0.25, 0.3) is 0 Å². The third kappa shape index (κ3) is 2.97. The van der Waals surface area contributed by atoms with Gasteiger partial charge in [0.15, 0.2) is 6.61 Å². The van der Waals surface area contributed by atoms with Crippen LogP contribution in [0.3, 0.4) is 0 Å². The molecule has 0 spiro atoms. The Morgan fingerprint density at radius 2 is 2.22 bits per heavy atom. The molecule has 0 bridgehead atoms. The van der Waals surface area contributed by atoms with Crippen LogP contribution < -0.4 is 4.74 Å². The second-order valence-electron chi connectivity index (χ2n) is 3.72. The van der Waals surface area contributed by atoms with Gasteiger partial charge >= 0.3 is 0 Å². The summed E-state index contributed by atoms with van der Waals surface area (Å²) in [6.07, 6.45) is 0. The molecule has 1 aromatic heterocycles. The minimum atomic E-state index is -0.375. The van der Waals surface area contributed by atoms with Gasteiger partial charge in [0.1, 0.15) is 11.6 Å². The van der Waals surface area contributed by atoms with Crippen LogP contribution in [0, 0.1) is 12.7 Å². The molecule has 1 heterocycles. The first-order valence-electron chi connectivity index (χ1n) is 5.23. The number of ketones is 1. The van der Waals surface area contributed by atoms with Crippen molar-refractivity contribution in [2.75, 3.05) is 6.61 Å². The van der Waals surface area contributed by atoms with E-state index in [2.05, 4.69) is 15.9 Å². The molecule has 0 N–H and O–H groups in total. The topological polar surface area (TPSA) is 26.3 Å². The Kier molecular flexibility index (Phi) is 4.14. The van der Waals surface area contributed by atoms with Crippen molar-refractivity contribution >= 4 is 33.0 Å². The molecule has 0 aliphatic rings. The number of hydrogen-bond acceptors (Lipinski definition) is 3. The molecule has 18 heavy (non-hydrogen) atoms. The van der Waals surface area contributed by atoms with Gasteiger partial charge in [0.05, 0.1) is 4.88 Å². The number of benzene rings is 1. The minimum Gasteiger partial charge on any atom is -0.485 e. The zero-order chi connectivity index (χ0) is 13.1. The molecule has 0 radical (unpaired) electrons. The fourth-order valence-corrected chi connectivity index (χ4v) is 2.95. The van der Waals surface area contributed by atoms with Crippen LogP contribution in [0.15, 0.2) is 34.1 Å². The molecule has 0 atom stereocenters. The Bertz CT molecular complexity index is 580. The van der Waals surface area contributed by atoms with Gasteiger partial charge in [-0.2, -0.15) is 0 Å². The Balaban J connectivity index is 2.06. The van der Waals surface area contributed by atoms with Crippen LogP contribution in [-0.2, 0) is 0 Å². The first-order chi connectivity index (χ1) is 8.58. The van der Waals surface area contributed by atoms with Gasteiger partial charge in [-0.25, -0.2) is 4.39 Å². The molecule has 0 saturated carbocycles. The van der Waals surface area contributed by atoms with E-state index in [9.17, 15) is 9.18 Å². The van der Waals surface area contributed by atoms with Crippen LogP contribution in [0.25, 0.3) is 0 Å². The van der Waals surface area contributed by atoms with Gasteiger partial charge in [-0.05, 0) is 45.9 Å². The highest BCUT2D eigenvalue weighted by molar-refractivity contribution is 9.10. The summed E-state index contributed by atoms with van der Waals surface area (Å²) >= 11 is 4.64. The highest BCUT2D eigenvalue weighted by Gasteiger charge is 2.13. The molecular weight excluding hydrogens is 319 g/mol. The quantitative estimate of drug-likeness (QED) is 0.785. The lowest BCUT2D eigenvalue weighted by atomic mass is 10.2. The van der Waals surface area contributed by atoms with Gasteiger partial charge in [-0.3, -0.25) is 4.79 Å². The number of ether oxygens (including phenoxy) is 1. The molecule has 2 nitrogen and oxygen atoms in total. The maximum Gasteiger partial charge on any atom is 0.211 e. The van der Waals surface area contributed by atoms with E-state index in [0.717, 1.165) is 10.0 Å². The van der Waals surface area contributed by atoms with E-state index in [-0.39, 0.29) is 18.2 Å². The Hall–Kier alpha value is -1.20. The third-order valence-electron chi connectivity index (χ3n) is 2.38. The number of aryl methyl sites for hydroxylation is 1. The number of halogens is 2. The first kappa shape index (κ1) is 13.2. The fourth-order valence-electron chi connectivity index (χ4n) is 1.43. The van der Waals surface area contributed by atoms with Crippen LogP contribution in [-0.4, -0.2) is 12.4 Å². The van der Waals surface area contributed by atoms with E-state index >= 15 is 0 Å². The molecule has 1 aromatic carbocycles. The van der Waals surface area contributed by atoms with Gasteiger partial charge in [0.2, 0.25) is 5.78 Å². The Labute approximate surface area is 117 Å². The molecule has 0 aliphatic carbocycles. The van der Waals surface area contributed by atoms with Gasteiger partial charge in [0, 0.05) is 10.5 Å². The standard InChI is InChI=1S/C13H10BrFO2S/c1-8-2-3-9(15)6-12(8)17-7-11(16)13-10(14)4-5-18-13/h2-6H,7H2,1H3. The lowest BCUT2D eigenvalue weighted by Crippen LogP contribution is -2.11. The molecular formula is C13H10BrFO2S. The van der Waals surface area contributed by atoms with E-state index in [1.54, 1.807) is 13.0 Å². The largest absolute Gasteiger partial charge is 0.485 e. The van der Waals surface area contributed by atoms with Crippen LogP contribution >= 0.6 is 27.3 Å². The summed E-state index contributed by atoms with van der Waals surface area (Å²) in [6.45, 7) is 1.71. The normalized spacial score (nSPS) is 10.4. The molecule has 2 aromatic rings. The van der Waals surface area contributed by atoms with Gasteiger partial charge in [-0.15, -0.1) is 11.3 Å². The predicted octanol–water partition coefficient (Wildman–Crippen LogP) is 4.22. The number of Topliss-reactive ketones (excluding diaryl/α,β-unsaturated/α-hetero) is 1. The van der Waals surface area contributed by atoms with Crippen LogP contribution in [0.5, 0.6) is 5.75 Å². The molecule has 0 amide bonds. The van der Waals surface area contributed by atoms with Crippen molar-refractivity contribution in [3.63, 3.8) is 0 Å². The van der Waals surface area contributed by atoms with Crippen molar-refractivity contribution in [2.24, 2.45) is 0 Å². The zero-order valence-electron chi connectivity index (χ0n) is 9.57. The average Bonchev–Trinajstić information content (AvgIpc) is 2.76. The summed E-state index contributed by atoms with van der Waals surface area (Å²) in [7, 11) is 0. The zero-order valence-corrected chi connectivity index (χ0v) is 12.0. The van der Waals surface area contributed by atoms with E-state index in [0.29, 0.717) is 10.6 Å². The Morgan fingerprint density at radius 1 is 1.44 bits per heavy atom. The number of hydrogen-bond donors (Lipinski definition) is 0. The fraction of sp³-hybridized carbons (Fsp3) is 0.154. The van der Waals surface area contributed by atoms with Crippen molar-refractivity contribution in [2.45, 2.75) is 6.92 Å². The van der Waals surface area contributed by atoms with E-state index in [1.807, 2.05) is 11.4 Å². The average molecular weight is 329 g/mol. The van der Waals surface area contributed by atoms with E-state index in [4.69, 9.17) is 4.74 Å². The van der Waals surface area contributed by atoms with E-state index in [1.165, 1.54) is 23.5 Å². The third-order valence-corrected chi connectivity index (χ3v) is 4.26. The monoisotopic (exact) mass is 328 g/mol. The molecule has 2 rings (SSSR count). The highest BCUT2D eigenvalue weighted by atomic mass is 79.9. The second-order valence-corrected chi connectivity index (χ2v) is 5.49. The number of carbonyl (C=O) groups is 1. The Morgan fingerprint density at radius 3 is 2.89 bits per heavy atom. The molecule has 94 valence electrons. The van der Waals surface area contributed by atoms with Crippen LogP contribution in [0.2, 0.25) is 0 Å². The smallest absolute Gasteiger partial charge is 0.211 e. The summed E-state index contributed by atoms with van der Waals surface area (Å²) in [4.78, 5) is 12.5. The van der Waals surface area contributed by atoms with Crippen molar-refractivity contribution in [1.29, 1.82) is 0 Å².